The smallest absolute Gasteiger partial charge is 0.375 e. The summed E-state index contributed by atoms with van der Waals surface area (Å²) in [6.07, 6.45) is 3.80. The third-order valence-electron chi connectivity index (χ3n) is 5.38. The standard InChI is InChI=1S/C18H24F3N5O/c1-12-11-15(26-17(22-12)23-16(24-26)18(19,20)21)25-9-7-14(8-10-25)27-13-5-3-2-4-6-13/h11,13-14H,2-10H2,1H3. The Labute approximate surface area is 155 Å². The van der Waals surface area contributed by atoms with Gasteiger partial charge in [0.25, 0.3) is 11.6 Å². The molecule has 0 N–H and O–H groups in total. The zero-order chi connectivity index (χ0) is 19.0. The Morgan fingerprint density at radius 2 is 1.67 bits per heavy atom. The van der Waals surface area contributed by atoms with Crippen LogP contribution >= 0.6 is 0 Å². The molecule has 0 bridgehead atoms. The molecule has 4 rings (SSSR count). The van der Waals surface area contributed by atoms with Crippen molar-refractivity contribution in [2.45, 2.75) is 70.3 Å². The van der Waals surface area contributed by atoms with Gasteiger partial charge in [0.1, 0.15) is 5.82 Å². The number of ether oxygens (including phenoxy) is 1. The molecular weight excluding hydrogens is 359 g/mol. The van der Waals surface area contributed by atoms with Gasteiger partial charge in [0, 0.05) is 24.8 Å². The molecule has 1 saturated heterocycles. The normalized spacial score (nSPS) is 20.5. The number of nitrogens with zero attached hydrogens (tertiary/aromatic N) is 5. The van der Waals surface area contributed by atoms with Crippen molar-refractivity contribution in [1.82, 2.24) is 19.6 Å². The van der Waals surface area contributed by atoms with Crippen molar-refractivity contribution < 1.29 is 17.9 Å². The van der Waals surface area contributed by atoms with Crippen molar-refractivity contribution in [2.75, 3.05) is 18.0 Å². The van der Waals surface area contributed by atoms with Gasteiger partial charge in [-0.25, -0.2) is 4.98 Å². The lowest BCUT2D eigenvalue weighted by molar-refractivity contribution is -0.144. The van der Waals surface area contributed by atoms with Gasteiger partial charge in [-0.2, -0.15) is 22.7 Å². The summed E-state index contributed by atoms with van der Waals surface area (Å²) >= 11 is 0. The quantitative estimate of drug-likeness (QED) is 0.808. The maximum absolute atomic E-state index is 13.0. The number of piperidine rings is 1. The second-order valence-corrected chi connectivity index (χ2v) is 7.48. The van der Waals surface area contributed by atoms with Crippen molar-refractivity contribution in [3.8, 4) is 0 Å². The molecule has 9 heteroatoms. The van der Waals surface area contributed by atoms with Gasteiger partial charge < -0.3 is 9.64 Å². The van der Waals surface area contributed by atoms with Gasteiger partial charge in [0.05, 0.1) is 12.2 Å². The minimum atomic E-state index is -4.58. The van der Waals surface area contributed by atoms with Crippen LogP contribution in [0.2, 0.25) is 0 Å². The summed E-state index contributed by atoms with van der Waals surface area (Å²) < 4.78 is 46.4. The van der Waals surface area contributed by atoms with Crippen LogP contribution in [0.1, 0.15) is 56.5 Å². The number of aromatic nitrogens is 4. The summed E-state index contributed by atoms with van der Waals surface area (Å²) in [5.41, 5.74) is 0.624. The molecule has 0 spiro atoms. The molecule has 2 aromatic heterocycles. The van der Waals surface area contributed by atoms with Crippen LogP contribution in [0.5, 0.6) is 0 Å². The number of rotatable bonds is 3. The van der Waals surface area contributed by atoms with E-state index < -0.39 is 12.0 Å². The first-order chi connectivity index (χ1) is 12.9. The number of fused-ring (bicyclic) bond motifs is 1. The zero-order valence-electron chi connectivity index (χ0n) is 15.4. The predicted molar refractivity (Wildman–Crippen MR) is 93.7 cm³/mol. The Morgan fingerprint density at radius 3 is 2.33 bits per heavy atom. The highest BCUT2D eigenvalue weighted by Crippen LogP contribution is 2.29. The summed E-state index contributed by atoms with van der Waals surface area (Å²) in [4.78, 5) is 9.71. The van der Waals surface area contributed by atoms with E-state index in [0.29, 0.717) is 17.6 Å². The summed E-state index contributed by atoms with van der Waals surface area (Å²) in [6.45, 7) is 3.19. The number of anilines is 1. The number of hydrogen-bond acceptors (Lipinski definition) is 5. The summed E-state index contributed by atoms with van der Waals surface area (Å²) in [7, 11) is 0. The van der Waals surface area contributed by atoms with Gasteiger partial charge in [-0.15, -0.1) is 5.10 Å². The van der Waals surface area contributed by atoms with Crippen LogP contribution in [0.3, 0.4) is 0 Å². The minimum Gasteiger partial charge on any atom is -0.375 e. The van der Waals surface area contributed by atoms with Crippen molar-refractivity contribution in [1.29, 1.82) is 0 Å². The molecule has 6 nitrogen and oxygen atoms in total. The number of hydrogen-bond donors (Lipinski definition) is 0. The maximum atomic E-state index is 13.0. The molecule has 2 aromatic rings. The molecule has 1 saturated carbocycles. The number of halogens is 3. The molecule has 1 aliphatic heterocycles. The van der Waals surface area contributed by atoms with Crippen molar-refractivity contribution >= 4 is 11.6 Å². The van der Waals surface area contributed by atoms with Crippen LogP contribution in [-0.2, 0) is 10.9 Å². The van der Waals surface area contributed by atoms with Crippen LogP contribution in [0.25, 0.3) is 5.78 Å². The highest BCUT2D eigenvalue weighted by molar-refractivity contribution is 5.48. The molecular formula is C18H24F3N5O. The maximum Gasteiger partial charge on any atom is 0.453 e. The highest BCUT2D eigenvalue weighted by atomic mass is 19.4. The van der Waals surface area contributed by atoms with E-state index in [1.54, 1.807) is 13.0 Å². The third-order valence-corrected chi connectivity index (χ3v) is 5.38. The van der Waals surface area contributed by atoms with Gasteiger partial charge >= 0.3 is 6.18 Å². The Kier molecular flexibility index (Phi) is 4.96. The average Bonchev–Trinajstić information content (AvgIpc) is 3.07. The fraction of sp³-hybridized carbons (Fsp3) is 0.722. The predicted octanol–water partition coefficient (Wildman–Crippen LogP) is 3.77. The van der Waals surface area contributed by atoms with Gasteiger partial charge in [-0.3, -0.25) is 0 Å². The average molecular weight is 383 g/mol. The zero-order valence-corrected chi connectivity index (χ0v) is 15.4. The molecule has 0 amide bonds. The summed E-state index contributed by atoms with van der Waals surface area (Å²) in [5, 5.41) is 3.66. The highest BCUT2D eigenvalue weighted by Gasteiger charge is 2.37. The van der Waals surface area contributed by atoms with Gasteiger partial charge in [-0.05, 0) is 32.6 Å². The molecule has 0 unspecified atom stereocenters. The van der Waals surface area contributed by atoms with E-state index in [9.17, 15) is 13.2 Å². The SMILES string of the molecule is Cc1cc(N2CCC(OC3CCCCC3)CC2)n2nc(C(F)(F)F)nc2n1. The van der Waals surface area contributed by atoms with Crippen LogP contribution in [0.4, 0.5) is 19.0 Å². The molecule has 0 atom stereocenters. The fourth-order valence-electron chi connectivity index (χ4n) is 4.01. The lowest BCUT2D eigenvalue weighted by atomic mass is 9.97. The van der Waals surface area contributed by atoms with E-state index in [2.05, 4.69) is 20.0 Å². The van der Waals surface area contributed by atoms with Gasteiger partial charge in [0.2, 0.25) is 0 Å². The molecule has 3 heterocycles. The minimum absolute atomic E-state index is 0.0158. The van der Waals surface area contributed by atoms with Crippen LogP contribution in [-0.4, -0.2) is 44.9 Å². The Bertz CT molecular complexity index is 792. The molecule has 148 valence electrons. The number of alkyl halides is 3. The van der Waals surface area contributed by atoms with E-state index in [1.807, 2.05) is 0 Å². The topological polar surface area (TPSA) is 55.6 Å². The van der Waals surface area contributed by atoms with Gasteiger partial charge in [-0.1, -0.05) is 19.3 Å². The first kappa shape index (κ1) is 18.5. The van der Waals surface area contributed by atoms with E-state index in [0.717, 1.165) is 38.8 Å². The van der Waals surface area contributed by atoms with E-state index in [-0.39, 0.29) is 11.9 Å². The lowest BCUT2D eigenvalue weighted by Crippen LogP contribution is -2.39. The van der Waals surface area contributed by atoms with Crippen molar-refractivity contribution in [3.05, 3.63) is 17.6 Å². The molecule has 2 aliphatic rings. The Morgan fingerprint density at radius 1 is 1.00 bits per heavy atom. The van der Waals surface area contributed by atoms with Crippen LogP contribution in [0.15, 0.2) is 6.07 Å². The second kappa shape index (κ2) is 7.26. The molecule has 0 radical (unpaired) electrons. The monoisotopic (exact) mass is 383 g/mol. The fourth-order valence-corrected chi connectivity index (χ4v) is 4.01. The van der Waals surface area contributed by atoms with E-state index in [4.69, 9.17) is 4.74 Å². The second-order valence-electron chi connectivity index (χ2n) is 7.48. The first-order valence-electron chi connectivity index (χ1n) is 9.62. The Balaban J connectivity index is 1.49. The summed E-state index contributed by atoms with van der Waals surface area (Å²) in [6, 6.07) is 1.77. The molecule has 27 heavy (non-hydrogen) atoms. The van der Waals surface area contributed by atoms with Crippen molar-refractivity contribution in [3.63, 3.8) is 0 Å². The van der Waals surface area contributed by atoms with E-state index in [1.165, 1.54) is 23.8 Å². The number of aryl methyl sites for hydroxylation is 1. The largest absolute Gasteiger partial charge is 0.453 e. The third kappa shape index (κ3) is 4.02. The van der Waals surface area contributed by atoms with E-state index >= 15 is 0 Å². The van der Waals surface area contributed by atoms with Gasteiger partial charge in [0.15, 0.2) is 0 Å². The van der Waals surface area contributed by atoms with Crippen LogP contribution < -0.4 is 4.90 Å². The lowest BCUT2D eigenvalue weighted by Gasteiger charge is -2.35. The first-order valence-corrected chi connectivity index (χ1v) is 9.62. The Hall–Kier alpha value is -1.90. The summed E-state index contributed by atoms with van der Waals surface area (Å²) in [5.74, 6) is -0.563. The molecule has 0 aromatic carbocycles. The molecule has 2 fully saturated rings. The van der Waals surface area contributed by atoms with Crippen LogP contribution in [0, 0.1) is 6.92 Å². The molecule has 1 aliphatic carbocycles. The van der Waals surface area contributed by atoms with Crippen molar-refractivity contribution in [2.24, 2.45) is 0 Å².